The zero-order chi connectivity index (χ0) is 17.2. The molecule has 6 heteroatoms. The fourth-order valence-corrected chi connectivity index (χ4v) is 3.85. The molecule has 2 aromatic rings. The fraction of sp³-hybridized carbons (Fsp3) is 0.333. The molecule has 1 aliphatic rings. The monoisotopic (exact) mass is 348 g/mol. The lowest BCUT2D eigenvalue weighted by Gasteiger charge is -2.17. The van der Waals surface area contributed by atoms with Gasteiger partial charge < -0.3 is 13.7 Å². The van der Waals surface area contributed by atoms with Crippen LogP contribution >= 0.6 is 0 Å². The van der Waals surface area contributed by atoms with Gasteiger partial charge in [0.1, 0.15) is 10.6 Å². The molecule has 0 bridgehead atoms. The normalized spacial score (nSPS) is 13.9. The van der Waals surface area contributed by atoms with Crippen LogP contribution in [0.3, 0.4) is 0 Å². The molecule has 0 amide bonds. The second kappa shape index (κ2) is 6.73. The molecule has 0 saturated carbocycles. The zero-order valence-corrected chi connectivity index (χ0v) is 14.6. The summed E-state index contributed by atoms with van der Waals surface area (Å²) in [5.74, 6) is 1.14. The summed E-state index contributed by atoms with van der Waals surface area (Å²) in [7, 11) is -0.980. The molecule has 0 spiro atoms. The van der Waals surface area contributed by atoms with E-state index >= 15 is 0 Å². The third-order valence-corrected chi connectivity index (χ3v) is 5.41. The van der Waals surface area contributed by atoms with E-state index in [-0.39, 0.29) is 4.90 Å². The predicted molar refractivity (Wildman–Crippen MR) is 90.4 cm³/mol. The summed E-state index contributed by atoms with van der Waals surface area (Å²) >= 11 is 0. The maximum Gasteiger partial charge on any atom is 0.339 e. The van der Waals surface area contributed by atoms with E-state index in [9.17, 15) is 8.42 Å². The van der Waals surface area contributed by atoms with Crippen molar-refractivity contribution in [2.75, 3.05) is 14.2 Å². The van der Waals surface area contributed by atoms with Gasteiger partial charge in [0.05, 0.1) is 14.2 Å². The number of rotatable bonds is 5. The Morgan fingerprint density at radius 1 is 0.833 bits per heavy atom. The number of ether oxygens (including phenoxy) is 2. The molecule has 0 aromatic heterocycles. The molecule has 0 N–H and O–H groups in total. The van der Waals surface area contributed by atoms with Crippen molar-refractivity contribution >= 4 is 10.1 Å². The lowest BCUT2D eigenvalue weighted by atomic mass is 9.92. The van der Waals surface area contributed by atoms with E-state index in [2.05, 4.69) is 0 Å². The first-order chi connectivity index (χ1) is 11.5. The molecule has 128 valence electrons. The minimum absolute atomic E-state index is 0.0258. The lowest BCUT2D eigenvalue weighted by Crippen LogP contribution is -2.11. The summed E-state index contributed by atoms with van der Waals surface area (Å²) in [6.45, 7) is 0. The molecule has 0 unspecified atom stereocenters. The van der Waals surface area contributed by atoms with Gasteiger partial charge in [-0.05, 0) is 61.1 Å². The fourth-order valence-electron chi connectivity index (χ4n) is 2.91. The van der Waals surface area contributed by atoms with Crippen molar-refractivity contribution in [2.45, 2.75) is 30.6 Å². The molecule has 0 saturated heterocycles. The summed E-state index contributed by atoms with van der Waals surface area (Å²) in [5, 5.41) is 0. The third-order valence-electron chi connectivity index (χ3n) is 4.17. The van der Waals surface area contributed by atoms with Crippen molar-refractivity contribution in [2.24, 2.45) is 0 Å². The first-order valence-corrected chi connectivity index (χ1v) is 9.22. The molecule has 3 rings (SSSR count). The Morgan fingerprint density at radius 2 is 1.54 bits per heavy atom. The Balaban J connectivity index is 1.88. The molecule has 0 heterocycles. The van der Waals surface area contributed by atoms with Crippen molar-refractivity contribution in [1.29, 1.82) is 0 Å². The highest BCUT2D eigenvalue weighted by molar-refractivity contribution is 7.87. The highest BCUT2D eigenvalue weighted by Gasteiger charge is 2.20. The van der Waals surface area contributed by atoms with Crippen LogP contribution in [0, 0.1) is 0 Å². The molecule has 5 nitrogen and oxygen atoms in total. The molecular weight excluding hydrogens is 328 g/mol. The first kappa shape index (κ1) is 16.6. The minimum atomic E-state index is -3.93. The molecule has 0 radical (unpaired) electrons. The van der Waals surface area contributed by atoms with Gasteiger partial charge in [-0.1, -0.05) is 6.07 Å². The van der Waals surface area contributed by atoms with Gasteiger partial charge in [-0.25, -0.2) is 0 Å². The Morgan fingerprint density at radius 3 is 2.25 bits per heavy atom. The number of aryl methyl sites for hydroxylation is 2. The molecule has 0 atom stereocenters. The van der Waals surface area contributed by atoms with Crippen LogP contribution in [0.1, 0.15) is 24.0 Å². The van der Waals surface area contributed by atoms with E-state index in [1.54, 1.807) is 12.1 Å². The average molecular weight is 348 g/mol. The van der Waals surface area contributed by atoms with E-state index in [1.807, 2.05) is 12.1 Å². The Kier molecular flexibility index (Phi) is 4.66. The van der Waals surface area contributed by atoms with Crippen LogP contribution in [0.5, 0.6) is 17.2 Å². The van der Waals surface area contributed by atoms with Gasteiger partial charge in [0.15, 0.2) is 11.5 Å². The van der Waals surface area contributed by atoms with Crippen LogP contribution in [0.2, 0.25) is 0 Å². The van der Waals surface area contributed by atoms with Gasteiger partial charge in [-0.3, -0.25) is 0 Å². The summed E-state index contributed by atoms with van der Waals surface area (Å²) in [5.41, 5.74) is 2.44. The van der Waals surface area contributed by atoms with E-state index in [0.29, 0.717) is 17.2 Å². The van der Waals surface area contributed by atoms with Gasteiger partial charge in [-0.2, -0.15) is 8.42 Å². The molecule has 1 aliphatic carbocycles. The maximum atomic E-state index is 12.5. The minimum Gasteiger partial charge on any atom is -0.493 e. The van der Waals surface area contributed by atoms with Crippen molar-refractivity contribution in [3.63, 3.8) is 0 Å². The van der Waals surface area contributed by atoms with Gasteiger partial charge in [-0.15, -0.1) is 0 Å². The van der Waals surface area contributed by atoms with Crippen LogP contribution in [0.15, 0.2) is 41.3 Å². The smallest absolute Gasteiger partial charge is 0.339 e. The van der Waals surface area contributed by atoms with Crippen LogP contribution in [-0.4, -0.2) is 22.6 Å². The number of hydrogen-bond acceptors (Lipinski definition) is 5. The molecular formula is C18H20O5S. The second-order valence-electron chi connectivity index (χ2n) is 5.69. The van der Waals surface area contributed by atoms with Crippen LogP contribution in [-0.2, 0) is 23.0 Å². The Labute approximate surface area is 142 Å². The van der Waals surface area contributed by atoms with Gasteiger partial charge in [0.25, 0.3) is 0 Å². The first-order valence-electron chi connectivity index (χ1n) is 7.82. The Bertz CT molecular complexity index is 842. The number of methoxy groups -OCH3 is 2. The van der Waals surface area contributed by atoms with Crippen molar-refractivity contribution in [3.8, 4) is 17.2 Å². The van der Waals surface area contributed by atoms with E-state index < -0.39 is 10.1 Å². The Hall–Kier alpha value is -2.21. The number of hydrogen-bond donors (Lipinski definition) is 0. The van der Waals surface area contributed by atoms with E-state index in [1.165, 1.54) is 43.9 Å². The van der Waals surface area contributed by atoms with Crippen LogP contribution < -0.4 is 13.7 Å². The SMILES string of the molecule is COc1ccc(S(=O)(=O)Oc2ccc3c(c2)CCCC3)cc1OC. The summed E-state index contributed by atoms with van der Waals surface area (Å²) in [4.78, 5) is 0.0258. The van der Waals surface area contributed by atoms with E-state index in [4.69, 9.17) is 13.7 Å². The van der Waals surface area contributed by atoms with Crippen molar-refractivity contribution in [3.05, 3.63) is 47.5 Å². The van der Waals surface area contributed by atoms with Gasteiger partial charge in [0, 0.05) is 6.07 Å². The second-order valence-corrected chi connectivity index (χ2v) is 7.24. The van der Waals surface area contributed by atoms with Gasteiger partial charge >= 0.3 is 10.1 Å². The van der Waals surface area contributed by atoms with Crippen molar-refractivity contribution in [1.82, 2.24) is 0 Å². The quantitative estimate of drug-likeness (QED) is 0.776. The zero-order valence-electron chi connectivity index (χ0n) is 13.7. The molecule has 0 aliphatic heterocycles. The van der Waals surface area contributed by atoms with Crippen LogP contribution in [0.25, 0.3) is 0 Å². The number of benzene rings is 2. The van der Waals surface area contributed by atoms with Crippen molar-refractivity contribution < 1.29 is 22.1 Å². The number of fused-ring (bicyclic) bond motifs is 1. The molecule has 2 aromatic carbocycles. The standard InChI is InChI=1S/C18H20O5S/c1-21-17-10-9-16(12-18(17)22-2)24(19,20)23-15-8-7-13-5-3-4-6-14(13)11-15/h7-12H,3-6H2,1-2H3. The highest BCUT2D eigenvalue weighted by Crippen LogP contribution is 2.31. The van der Waals surface area contributed by atoms with Crippen LogP contribution in [0.4, 0.5) is 0 Å². The largest absolute Gasteiger partial charge is 0.493 e. The third kappa shape index (κ3) is 3.33. The maximum absolute atomic E-state index is 12.5. The molecule has 24 heavy (non-hydrogen) atoms. The summed E-state index contributed by atoms with van der Waals surface area (Å²) in [6, 6.07) is 9.87. The average Bonchev–Trinajstić information content (AvgIpc) is 2.60. The summed E-state index contributed by atoms with van der Waals surface area (Å²) < 4.78 is 40.6. The molecule has 0 fully saturated rings. The lowest BCUT2D eigenvalue weighted by molar-refractivity contribution is 0.353. The predicted octanol–water partition coefficient (Wildman–Crippen LogP) is 3.35. The summed E-state index contributed by atoms with van der Waals surface area (Å²) in [6.07, 6.45) is 4.30. The van der Waals surface area contributed by atoms with Gasteiger partial charge in [0.2, 0.25) is 0 Å². The van der Waals surface area contributed by atoms with E-state index in [0.717, 1.165) is 19.3 Å². The highest BCUT2D eigenvalue weighted by atomic mass is 32.2. The topological polar surface area (TPSA) is 61.8 Å².